The van der Waals surface area contributed by atoms with E-state index in [4.69, 9.17) is 16.0 Å². The highest BCUT2D eigenvalue weighted by Gasteiger charge is 2.35. The largest absolute Gasteiger partial charge is 0.425 e. The second-order valence-electron chi connectivity index (χ2n) is 5.50. The molecule has 6 nitrogen and oxygen atoms in total. The smallest absolute Gasteiger partial charge is 0.255 e. The fourth-order valence-electron chi connectivity index (χ4n) is 2.92. The van der Waals surface area contributed by atoms with Crippen molar-refractivity contribution in [1.29, 1.82) is 0 Å². The van der Waals surface area contributed by atoms with Gasteiger partial charge in [0, 0.05) is 31.9 Å². The molecule has 2 aromatic heterocycles. The van der Waals surface area contributed by atoms with Crippen molar-refractivity contribution in [2.45, 2.75) is 38.6 Å². The zero-order chi connectivity index (χ0) is 15.7. The van der Waals surface area contributed by atoms with Gasteiger partial charge in [-0.05, 0) is 25.8 Å². The molecular weight excluding hydrogens is 304 g/mol. The molecule has 0 saturated carbocycles. The van der Waals surface area contributed by atoms with Gasteiger partial charge < -0.3 is 9.32 Å². The maximum absolute atomic E-state index is 12.8. The second-order valence-corrected chi connectivity index (χ2v) is 5.91. The molecule has 0 unspecified atom stereocenters. The van der Waals surface area contributed by atoms with E-state index >= 15 is 0 Å². The summed E-state index contributed by atoms with van der Waals surface area (Å²) in [6.07, 6.45) is 4.89. The summed E-state index contributed by atoms with van der Waals surface area (Å²) in [7, 11) is 0. The zero-order valence-corrected chi connectivity index (χ0v) is 13.2. The topological polar surface area (TPSA) is 72.1 Å². The van der Waals surface area contributed by atoms with Crippen molar-refractivity contribution in [3.8, 4) is 0 Å². The van der Waals surface area contributed by atoms with E-state index in [2.05, 4.69) is 15.2 Å². The molecule has 1 amide bonds. The average Bonchev–Trinajstić information content (AvgIpc) is 2.94. The maximum Gasteiger partial charge on any atom is 0.255 e. The van der Waals surface area contributed by atoms with Crippen molar-refractivity contribution in [2.24, 2.45) is 0 Å². The Morgan fingerprint density at radius 2 is 2.27 bits per heavy atom. The van der Waals surface area contributed by atoms with E-state index in [0.29, 0.717) is 28.9 Å². The van der Waals surface area contributed by atoms with Gasteiger partial charge in [-0.15, -0.1) is 10.2 Å². The molecule has 3 heterocycles. The van der Waals surface area contributed by atoms with Crippen molar-refractivity contribution < 1.29 is 9.21 Å². The van der Waals surface area contributed by atoms with Crippen molar-refractivity contribution >= 4 is 17.5 Å². The Morgan fingerprint density at radius 3 is 2.95 bits per heavy atom. The van der Waals surface area contributed by atoms with Crippen LogP contribution in [-0.4, -0.2) is 38.6 Å². The highest BCUT2D eigenvalue weighted by atomic mass is 35.5. The number of carbonyl (C=O) groups is 1. The van der Waals surface area contributed by atoms with E-state index < -0.39 is 0 Å². The number of carbonyl (C=O) groups excluding carboxylic acids is 1. The summed E-state index contributed by atoms with van der Waals surface area (Å²) in [5.74, 6) is 1.12. The molecular formula is C15H17ClN4O2. The second kappa shape index (κ2) is 6.04. The molecule has 3 rings (SSSR count). The van der Waals surface area contributed by atoms with E-state index in [9.17, 15) is 4.79 Å². The van der Waals surface area contributed by atoms with Gasteiger partial charge >= 0.3 is 0 Å². The van der Waals surface area contributed by atoms with Crippen LogP contribution in [-0.2, 0) is 0 Å². The van der Waals surface area contributed by atoms with Gasteiger partial charge in [0.1, 0.15) is 0 Å². The summed E-state index contributed by atoms with van der Waals surface area (Å²) in [6, 6.07) is 1.63. The van der Waals surface area contributed by atoms with Gasteiger partial charge in [0.05, 0.1) is 16.5 Å². The molecule has 0 aliphatic carbocycles. The van der Waals surface area contributed by atoms with Crippen LogP contribution in [0.2, 0.25) is 5.02 Å². The van der Waals surface area contributed by atoms with Gasteiger partial charge in [0.15, 0.2) is 0 Å². The molecule has 0 spiro atoms. The van der Waals surface area contributed by atoms with E-state index in [0.717, 1.165) is 12.8 Å². The Morgan fingerprint density at radius 1 is 1.45 bits per heavy atom. The molecule has 7 heteroatoms. The van der Waals surface area contributed by atoms with Crippen LogP contribution in [0.3, 0.4) is 0 Å². The molecule has 0 aromatic carbocycles. The molecule has 1 aliphatic heterocycles. The van der Waals surface area contributed by atoms with Crippen molar-refractivity contribution in [3.05, 3.63) is 40.8 Å². The number of rotatable bonds is 2. The lowest BCUT2D eigenvalue weighted by atomic mass is 9.89. The van der Waals surface area contributed by atoms with Gasteiger partial charge in [-0.3, -0.25) is 9.78 Å². The van der Waals surface area contributed by atoms with E-state index in [1.54, 1.807) is 19.2 Å². The number of pyridine rings is 1. The number of hydrogen-bond acceptors (Lipinski definition) is 5. The molecule has 2 atom stereocenters. The summed E-state index contributed by atoms with van der Waals surface area (Å²) < 4.78 is 5.55. The summed E-state index contributed by atoms with van der Waals surface area (Å²) in [4.78, 5) is 18.5. The van der Waals surface area contributed by atoms with Gasteiger partial charge in [-0.25, -0.2) is 0 Å². The molecule has 22 heavy (non-hydrogen) atoms. The monoisotopic (exact) mass is 320 g/mol. The molecule has 1 saturated heterocycles. The fourth-order valence-corrected chi connectivity index (χ4v) is 3.13. The number of piperidine rings is 1. The minimum absolute atomic E-state index is 0.0228. The van der Waals surface area contributed by atoms with Crippen LogP contribution < -0.4 is 0 Å². The number of aromatic nitrogens is 3. The number of likely N-dealkylation sites (tertiary alicyclic amines) is 1. The molecule has 2 aromatic rings. The van der Waals surface area contributed by atoms with Crippen LogP contribution in [0.4, 0.5) is 0 Å². The first-order valence-electron chi connectivity index (χ1n) is 7.28. The van der Waals surface area contributed by atoms with Crippen molar-refractivity contribution in [3.63, 3.8) is 0 Å². The lowest BCUT2D eigenvalue weighted by Gasteiger charge is -2.38. The Kier molecular flexibility index (Phi) is 4.11. The highest BCUT2D eigenvalue weighted by Crippen LogP contribution is 2.33. The maximum atomic E-state index is 12.8. The number of nitrogens with zero attached hydrogens (tertiary/aromatic N) is 4. The van der Waals surface area contributed by atoms with E-state index in [1.165, 1.54) is 6.20 Å². The van der Waals surface area contributed by atoms with Crippen LogP contribution in [0.15, 0.2) is 22.9 Å². The quantitative estimate of drug-likeness (QED) is 0.850. The predicted octanol–water partition coefficient (Wildman–Crippen LogP) is 2.83. The Bertz CT molecular complexity index is 688. The lowest BCUT2D eigenvalue weighted by molar-refractivity contribution is 0.0582. The normalized spacial score (nSPS) is 21.9. The van der Waals surface area contributed by atoms with Gasteiger partial charge in [-0.2, -0.15) is 0 Å². The number of hydrogen-bond donors (Lipinski definition) is 0. The third-order valence-corrected chi connectivity index (χ3v) is 4.41. The number of amides is 1. The van der Waals surface area contributed by atoms with Crippen LogP contribution in [0.1, 0.15) is 47.8 Å². The van der Waals surface area contributed by atoms with Crippen LogP contribution in [0.5, 0.6) is 0 Å². The van der Waals surface area contributed by atoms with E-state index in [1.807, 2.05) is 11.8 Å². The Balaban J connectivity index is 1.85. The molecule has 0 N–H and O–H groups in total. The minimum Gasteiger partial charge on any atom is -0.425 e. The predicted molar refractivity (Wildman–Crippen MR) is 80.8 cm³/mol. The SMILES string of the molecule is Cc1nnc([C@H]2CCCN(C(=O)c3ccncc3Cl)[C@H]2C)o1. The average molecular weight is 321 g/mol. The summed E-state index contributed by atoms with van der Waals surface area (Å²) in [5, 5.41) is 8.37. The Labute approximate surface area is 133 Å². The summed E-state index contributed by atoms with van der Waals surface area (Å²) in [6.45, 7) is 4.47. The summed E-state index contributed by atoms with van der Waals surface area (Å²) >= 11 is 6.09. The molecule has 1 fully saturated rings. The minimum atomic E-state index is -0.0826. The van der Waals surface area contributed by atoms with Crippen molar-refractivity contribution in [1.82, 2.24) is 20.1 Å². The first kappa shape index (κ1) is 15.0. The van der Waals surface area contributed by atoms with Gasteiger partial charge in [0.2, 0.25) is 11.8 Å². The standard InChI is InChI=1S/C15H17ClN4O2/c1-9-11(14-19-18-10(2)22-14)4-3-7-20(9)15(21)12-5-6-17-8-13(12)16/h5-6,8-9,11H,3-4,7H2,1-2H3/t9-,11-/m0/s1. The highest BCUT2D eigenvalue weighted by molar-refractivity contribution is 6.33. The number of halogens is 1. The summed E-state index contributed by atoms with van der Waals surface area (Å²) in [5.41, 5.74) is 0.478. The van der Waals surface area contributed by atoms with E-state index in [-0.39, 0.29) is 17.9 Å². The van der Waals surface area contributed by atoms with Crippen LogP contribution in [0.25, 0.3) is 0 Å². The molecule has 116 valence electrons. The number of aryl methyl sites for hydroxylation is 1. The molecule has 0 bridgehead atoms. The van der Waals surface area contributed by atoms with Gasteiger partial charge in [0.25, 0.3) is 5.91 Å². The van der Waals surface area contributed by atoms with Crippen LogP contribution in [0, 0.1) is 6.92 Å². The molecule has 0 radical (unpaired) electrons. The lowest BCUT2D eigenvalue weighted by Crippen LogP contribution is -2.46. The first-order chi connectivity index (χ1) is 10.6. The van der Waals surface area contributed by atoms with Gasteiger partial charge in [-0.1, -0.05) is 11.6 Å². The third kappa shape index (κ3) is 2.70. The van der Waals surface area contributed by atoms with Crippen LogP contribution >= 0.6 is 11.6 Å². The fraction of sp³-hybridized carbons (Fsp3) is 0.467. The van der Waals surface area contributed by atoms with Crippen molar-refractivity contribution in [2.75, 3.05) is 6.54 Å². The zero-order valence-electron chi connectivity index (χ0n) is 12.5. The Hall–Kier alpha value is -1.95. The first-order valence-corrected chi connectivity index (χ1v) is 7.66. The third-order valence-electron chi connectivity index (χ3n) is 4.11. The molecule has 1 aliphatic rings.